The van der Waals surface area contributed by atoms with E-state index in [9.17, 15) is 0 Å². The van der Waals surface area contributed by atoms with E-state index in [4.69, 9.17) is 0 Å². The first-order valence-electron chi connectivity index (χ1n) is 7.36. The van der Waals surface area contributed by atoms with Gasteiger partial charge < -0.3 is 10.2 Å². The van der Waals surface area contributed by atoms with Gasteiger partial charge in [-0.25, -0.2) is 4.68 Å². The van der Waals surface area contributed by atoms with Crippen molar-refractivity contribution in [3.8, 4) is 0 Å². The highest BCUT2D eigenvalue weighted by atomic mass is 15.2. The molecule has 1 heterocycles. The smallest absolute Gasteiger partial charge is 0.0538 e. The first-order chi connectivity index (χ1) is 10.3. The van der Waals surface area contributed by atoms with Gasteiger partial charge in [-0.05, 0) is 32.1 Å². The van der Waals surface area contributed by atoms with Crippen LogP contribution >= 0.6 is 0 Å². The Labute approximate surface area is 127 Å². The van der Waals surface area contributed by atoms with Gasteiger partial charge in [-0.1, -0.05) is 36.9 Å². The van der Waals surface area contributed by atoms with Crippen LogP contribution in [0.15, 0.2) is 49.3 Å². The Balaban J connectivity index is 1.58. The van der Waals surface area contributed by atoms with E-state index in [1.165, 1.54) is 11.1 Å². The molecular formula is C17H24N4. The highest BCUT2D eigenvalue weighted by molar-refractivity contribution is 5.17. The average Bonchev–Trinajstić information content (AvgIpc) is 2.96. The van der Waals surface area contributed by atoms with Crippen LogP contribution in [0.2, 0.25) is 0 Å². The van der Waals surface area contributed by atoms with E-state index in [1.807, 2.05) is 12.4 Å². The largest absolute Gasteiger partial charge is 0.313 e. The fraction of sp³-hybridized carbons (Fsp3) is 0.353. The van der Waals surface area contributed by atoms with Gasteiger partial charge in [-0.3, -0.25) is 0 Å². The van der Waals surface area contributed by atoms with Gasteiger partial charge in [0, 0.05) is 31.0 Å². The molecule has 4 nitrogen and oxygen atoms in total. The van der Waals surface area contributed by atoms with Gasteiger partial charge in [0.15, 0.2) is 0 Å². The summed E-state index contributed by atoms with van der Waals surface area (Å²) < 4.78 is 1.73. The molecule has 0 aliphatic carbocycles. The molecule has 0 bridgehead atoms. The summed E-state index contributed by atoms with van der Waals surface area (Å²) in [5, 5.41) is 7.60. The van der Waals surface area contributed by atoms with Gasteiger partial charge >= 0.3 is 0 Å². The zero-order valence-corrected chi connectivity index (χ0v) is 12.7. The predicted octanol–water partition coefficient (Wildman–Crippen LogP) is 2.60. The van der Waals surface area contributed by atoms with Crippen LogP contribution in [-0.4, -0.2) is 34.8 Å². The van der Waals surface area contributed by atoms with Crippen molar-refractivity contribution in [2.24, 2.45) is 0 Å². The van der Waals surface area contributed by atoms with Crippen molar-refractivity contribution in [2.45, 2.75) is 19.5 Å². The van der Waals surface area contributed by atoms with E-state index in [1.54, 1.807) is 10.9 Å². The van der Waals surface area contributed by atoms with Crippen molar-refractivity contribution < 1.29 is 0 Å². The van der Waals surface area contributed by atoms with Gasteiger partial charge in [0.2, 0.25) is 0 Å². The molecule has 0 radical (unpaired) electrons. The summed E-state index contributed by atoms with van der Waals surface area (Å²) >= 11 is 0. The van der Waals surface area contributed by atoms with Gasteiger partial charge in [-0.2, -0.15) is 5.10 Å². The SMILES string of the molecule is C=Cn1cc(CNCCCN(C)Cc2ccccc2)cn1. The summed E-state index contributed by atoms with van der Waals surface area (Å²) in [4.78, 5) is 2.35. The zero-order valence-electron chi connectivity index (χ0n) is 12.7. The summed E-state index contributed by atoms with van der Waals surface area (Å²) in [6.07, 6.45) is 6.69. The number of aromatic nitrogens is 2. The van der Waals surface area contributed by atoms with Crippen LogP contribution in [0, 0.1) is 0 Å². The molecule has 0 unspecified atom stereocenters. The normalized spacial score (nSPS) is 11.0. The molecule has 0 aliphatic heterocycles. The van der Waals surface area contributed by atoms with E-state index >= 15 is 0 Å². The molecule has 0 atom stereocenters. The van der Waals surface area contributed by atoms with Crippen molar-refractivity contribution in [2.75, 3.05) is 20.1 Å². The first-order valence-corrected chi connectivity index (χ1v) is 7.36. The Morgan fingerprint density at radius 3 is 2.81 bits per heavy atom. The topological polar surface area (TPSA) is 33.1 Å². The standard InChI is InChI=1S/C17H24N4/c1-3-21-15-17(13-19-21)12-18-10-7-11-20(2)14-16-8-5-4-6-9-16/h3-6,8-9,13,15,18H,1,7,10-12,14H2,2H3. The molecule has 1 aromatic carbocycles. The third kappa shape index (κ3) is 5.53. The second kappa shape index (κ2) is 8.39. The molecule has 2 rings (SSSR count). The third-order valence-electron chi connectivity index (χ3n) is 3.36. The van der Waals surface area contributed by atoms with Gasteiger partial charge in [0.25, 0.3) is 0 Å². The maximum atomic E-state index is 4.16. The lowest BCUT2D eigenvalue weighted by Crippen LogP contribution is -2.23. The molecule has 1 N–H and O–H groups in total. The van der Waals surface area contributed by atoms with E-state index in [-0.39, 0.29) is 0 Å². The number of hydrogen-bond acceptors (Lipinski definition) is 3. The van der Waals surface area contributed by atoms with E-state index < -0.39 is 0 Å². The number of rotatable bonds is 9. The Bertz CT molecular complexity index is 533. The lowest BCUT2D eigenvalue weighted by atomic mass is 10.2. The third-order valence-corrected chi connectivity index (χ3v) is 3.36. The fourth-order valence-electron chi connectivity index (χ4n) is 2.25. The van der Waals surface area contributed by atoms with Gasteiger partial charge in [-0.15, -0.1) is 0 Å². The Morgan fingerprint density at radius 1 is 1.29 bits per heavy atom. The lowest BCUT2D eigenvalue weighted by Gasteiger charge is -2.16. The van der Waals surface area contributed by atoms with Crippen LogP contribution in [-0.2, 0) is 13.1 Å². The maximum absolute atomic E-state index is 4.16. The molecule has 0 spiro atoms. The zero-order chi connectivity index (χ0) is 14.9. The van der Waals surface area contributed by atoms with Crippen LogP contribution in [0.1, 0.15) is 17.5 Å². The second-order valence-corrected chi connectivity index (χ2v) is 5.26. The van der Waals surface area contributed by atoms with Crippen LogP contribution in [0.3, 0.4) is 0 Å². The number of hydrogen-bond donors (Lipinski definition) is 1. The Hall–Kier alpha value is -1.91. The minimum absolute atomic E-state index is 0.857. The molecule has 0 aliphatic rings. The number of nitrogens with one attached hydrogen (secondary N) is 1. The van der Waals surface area contributed by atoms with E-state index in [0.717, 1.165) is 32.6 Å². The molecule has 0 amide bonds. The lowest BCUT2D eigenvalue weighted by molar-refractivity contribution is 0.319. The first kappa shape index (κ1) is 15.5. The van der Waals surface area contributed by atoms with Crippen LogP contribution < -0.4 is 5.32 Å². The van der Waals surface area contributed by atoms with Crippen molar-refractivity contribution in [3.63, 3.8) is 0 Å². The quantitative estimate of drug-likeness (QED) is 0.719. The highest BCUT2D eigenvalue weighted by Gasteiger charge is 2.00. The minimum atomic E-state index is 0.857. The van der Waals surface area contributed by atoms with Crippen LogP contribution in [0.4, 0.5) is 0 Å². The van der Waals surface area contributed by atoms with Crippen LogP contribution in [0.25, 0.3) is 6.20 Å². The molecule has 1 aromatic heterocycles. The van der Waals surface area contributed by atoms with Gasteiger partial charge in [0.05, 0.1) is 6.20 Å². The molecular weight excluding hydrogens is 260 g/mol. The van der Waals surface area contributed by atoms with Crippen molar-refractivity contribution in [1.29, 1.82) is 0 Å². The summed E-state index contributed by atoms with van der Waals surface area (Å²) in [6, 6.07) is 10.6. The summed E-state index contributed by atoms with van der Waals surface area (Å²) in [7, 11) is 2.17. The molecule has 112 valence electrons. The second-order valence-electron chi connectivity index (χ2n) is 5.26. The van der Waals surface area contributed by atoms with Crippen molar-refractivity contribution in [3.05, 3.63) is 60.4 Å². The molecule has 4 heteroatoms. The number of benzene rings is 1. The minimum Gasteiger partial charge on any atom is -0.313 e. The van der Waals surface area contributed by atoms with Crippen LogP contribution in [0.5, 0.6) is 0 Å². The Morgan fingerprint density at radius 2 is 2.10 bits per heavy atom. The molecule has 0 saturated carbocycles. The summed E-state index contributed by atoms with van der Waals surface area (Å²) in [5.41, 5.74) is 2.55. The fourth-order valence-corrected chi connectivity index (χ4v) is 2.25. The van der Waals surface area contributed by atoms with E-state index in [2.05, 4.69) is 59.3 Å². The average molecular weight is 284 g/mol. The summed E-state index contributed by atoms with van der Waals surface area (Å²) in [6.45, 7) is 7.65. The molecule has 0 saturated heterocycles. The number of nitrogens with zero attached hydrogens (tertiary/aromatic N) is 3. The molecule has 2 aromatic rings. The predicted molar refractivity (Wildman–Crippen MR) is 87.7 cm³/mol. The van der Waals surface area contributed by atoms with Gasteiger partial charge in [0.1, 0.15) is 0 Å². The maximum Gasteiger partial charge on any atom is 0.0538 e. The van der Waals surface area contributed by atoms with E-state index in [0.29, 0.717) is 0 Å². The highest BCUT2D eigenvalue weighted by Crippen LogP contribution is 2.03. The monoisotopic (exact) mass is 284 g/mol. The molecule has 21 heavy (non-hydrogen) atoms. The molecule has 0 fully saturated rings. The summed E-state index contributed by atoms with van der Waals surface area (Å²) in [5.74, 6) is 0. The van der Waals surface area contributed by atoms with Crippen molar-refractivity contribution >= 4 is 6.20 Å². The Kier molecular flexibility index (Phi) is 6.19. The van der Waals surface area contributed by atoms with Crippen molar-refractivity contribution in [1.82, 2.24) is 20.0 Å².